The smallest absolute Gasteiger partial charge is 0.371 e. The van der Waals surface area contributed by atoms with Crippen LogP contribution in [0, 0.1) is 6.92 Å². The molecule has 6 nitrogen and oxygen atoms in total. The highest BCUT2D eigenvalue weighted by Gasteiger charge is 2.31. The minimum Gasteiger partial charge on any atom is -0.475 e. The van der Waals surface area contributed by atoms with E-state index < -0.39 is 5.97 Å². The molecule has 3 rings (SSSR count). The van der Waals surface area contributed by atoms with E-state index in [9.17, 15) is 4.79 Å². The van der Waals surface area contributed by atoms with Crippen molar-refractivity contribution in [2.75, 3.05) is 26.2 Å². The van der Waals surface area contributed by atoms with Crippen LogP contribution in [0.2, 0.25) is 0 Å². The van der Waals surface area contributed by atoms with Gasteiger partial charge in [0.05, 0.1) is 12.7 Å². The number of aromatic carboxylic acids is 1. The highest BCUT2D eigenvalue weighted by molar-refractivity contribution is 5.84. The Morgan fingerprint density at radius 1 is 1.57 bits per heavy atom. The van der Waals surface area contributed by atoms with Crippen LogP contribution in [0.15, 0.2) is 10.5 Å². The highest BCUT2D eigenvalue weighted by Crippen LogP contribution is 2.22. The lowest BCUT2D eigenvalue weighted by Crippen LogP contribution is -2.49. The Morgan fingerprint density at radius 2 is 2.43 bits per heavy atom. The molecule has 0 saturated carbocycles. The van der Waals surface area contributed by atoms with Crippen molar-refractivity contribution < 1.29 is 19.1 Å². The van der Waals surface area contributed by atoms with Crippen molar-refractivity contribution in [1.82, 2.24) is 10.2 Å². The molecule has 2 aliphatic heterocycles. The number of rotatable bonds is 5. The minimum absolute atomic E-state index is 0.00174. The molecule has 1 aromatic rings. The van der Waals surface area contributed by atoms with Gasteiger partial charge in [0.25, 0.3) is 0 Å². The Kier molecular flexibility index (Phi) is 4.28. The second-order valence-corrected chi connectivity index (χ2v) is 5.87. The van der Waals surface area contributed by atoms with Crippen LogP contribution in [0.25, 0.3) is 0 Å². The van der Waals surface area contributed by atoms with Gasteiger partial charge < -0.3 is 19.6 Å². The van der Waals surface area contributed by atoms with Gasteiger partial charge in [-0.15, -0.1) is 0 Å². The number of furan rings is 1. The van der Waals surface area contributed by atoms with Crippen molar-refractivity contribution in [3.05, 3.63) is 23.2 Å². The molecular formula is C15H22N2O4. The molecule has 2 atom stereocenters. The van der Waals surface area contributed by atoms with Crippen LogP contribution in [0.5, 0.6) is 0 Å². The zero-order valence-electron chi connectivity index (χ0n) is 12.3. The molecule has 0 radical (unpaired) electrons. The molecule has 2 aliphatic rings. The van der Waals surface area contributed by atoms with Crippen LogP contribution in [-0.4, -0.2) is 54.4 Å². The number of nitrogens with one attached hydrogen (secondary N) is 1. The lowest BCUT2D eigenvalue weighted by molar-refractivity contribution is -0.0470. The predicted molar refractivity (Wildman–Crippen MR) is 76.4 cm³/mol. The Balaban J connectivity index is 1.47. The molecule has 3 heterocycles. The number of nitrogens with zero attached hydrogens (tertiary/aromatic N) is 1. The zero-order chi connectivity index (χ0) is 14.8. The summed E-state index contributed by atoms with van der Waals surface area (Å²) in [6, 6.07) is 2.21. The lowest BCUT2D eigenvalue weighted by atomic mass is 10.2. The van der Waals surface area contributed by atoms with E-state index in [-0.39, 0.29) is 11.9 Å². The Hall–Kier alpha value is -1.37. The van der Waals surface area contributed by atoms with Crippen molar-refractivity contribution in [3.63, 3.8) is 0 Å². The van der Waals surface area contributed by atoms with Gasteiger partial charge in [-0.3, -0.25) is 4.90 Å². The third kappa shape index (κ3) is 3.28. The standard InChI is InChI=1S/C15H22N2O4/c1-10-11(5-14(21-10)15(18)19)6-16-7-13-8-17-4-2-3-12(17)9-20-13/h5,12-13,16H,2-4,6-9H2,1H3,(H,18,19). The maximum atomic E-state index is 10.9. The van der Waals surface area contributed by atoms with E-state index in [2.05, 4.69) is 10.2 Å². The first-order chi connectivity index (χ1) is 10.1. The number of carboxylic acids is 1. The normalized spacial score (nSPS) is 26.0. The minimum atomic E-state index is -1.03. The first-order valence-electron chi connectivity index (χ1n) is 7.52. The van der Waals surface area contributed by atoms with E-state index in [1.807, 2.05) is 0 Å². The number of hydrogen-bond acceptors (Lipinski definition) is 5. The molecule has 6 heteroatoms. The van der Waals surface area contributed by atoms with Crippen molar-refractivity contribution in [3.8, 4) is 0 Å². The molecule has 2 unspecified atom stereocenters. The highest BCUT2D eigenvalue weighted by atomic mass is 16.5. The van der Waals surface area contributed by atoms with Crippen molar-refractivity contribution in [1.29, 1.82) is 0 Å². The molecular weight excluding hydrogens is 272 g/mol. The van der Waals surface area contributed by atoms with Crippen molar-refractivity contribution in [2.45, 2.75) is 38.5 Å². The summed E-state index contributed by atoms with van der Waals surface area (Å²) in [4.78, 5) is 13.4. The third-order valence-electron chi connectivity index (χ3n) is 4.38. The fraction of sp³-hybridized carbons (Fsp3) is 0.667. The van der Waals surface area contributed by atoms with Gasteiger partial charge in [0, 0.05) is 31.2 Å². The van der Waals surface area contributed by atoms with E-state index in [0.717, 1.165) is 25.3 Å². The van der Waals surface area contributed by atoms with Crippen molar-refractivity contribution in [2.24, 2.45) is 0 Å². The zero-order valence-corrected chi connectivity index (χ0v) is 12.3. The summed E-state index contributed by atoms with van der Waals surface area (Å²) in [6.45, 7) is 6.17. The predicted octanol–water partition coefficient (Wildman–Crippen LogP) is 1.24. The average Bonchev–Trinajstić information content (AvgIpc) is 3.05. The Labute approximate surface area is 124 Å². The second kappa shape index (κ2) is 6.17. The van der Waals surface area contributed by atoms with Crippen LogP contribution in [0.3, 0.4) is 0 Å². The summed E-state index contributed by atoms with van der Waals surface area (Å²) >= 11 is 0. The van der Waals surface area contributed by atoms with Crippen LogP contribution < -0.4 is 5.32 Å². The molecule has 116 valence electrons. The number of ether oxygens (including phenoxy) is 1. The number of morpholine rings is 1. The number of hydrogen-bond donors (Lipinski definition) is 2. The van der Waals surface area contributed by atoms with Crippen LogP contribution >= 0.6 is 0 Å². The van der Waals surface area contributed by atoms with Crippen LogP contribution in [-0.2, 0) is 11.3 Å². The fourth-order valence-electron chi connectivity index (χ4n) is 3.18. The SMILES string of the molecule is Cc1oc(C(=O)O)cc1CNCC1CN2CCCC2CO1. The van der Waals surface area contributed by atoms with Crippen LogP contribution in [0.1, 0.15) is 34.7 Å². The monoisotopic (exact) mass is 294 g/mol. The number of aryl methyl sites for hydroxylation is 1. The molecule has 2 saturated heterocycles. The van der Waals surface area contributed by atoms with E-state index in [1.165, 1.54) is 19.4 Å². The number of carboxylic acid groups (broad SMARTS) is 1. The molecule has 0 bridgehead atoms. The van der Waals surface area contributed by atoms with Gasteiger partial charge in [-0.05, 0) is 32.4 Å². The number of carbonyl (C=O) groups is 1. The van der Waals surface area contributed by atoms with Gasteiger partial charge in [0.15, 0.2) is 0 Å². The van der Waals surface area contributed by atoms with Gasteiger partial charge in [0.1, 0.15) is 5.76 Å². The quantitative estimate of drug-likeness (QED) is 0.851. The Morgan fingerprint density at radius 3 is 3.19 bits per heavy atom. The molecule has 0 aromatic carbocycles. The van der Waals surface area contributed by atoms with Crippen LogP contribution in [0.4, 0.5) is 0 Å². The second-order valence-electron chi connectivity index (χ2n) is 5.87. The largest absolute Gasteiger partial charge is 0.475 e. The molecule has 2 fully saturated rings. The van der Waals surface area contributed by atoms with E-state index in [1.54, 1.807) is 13.0 Å². The van der Waals surface area contributed by atoms with Crippen molar-refractivity contribution >= 4 is 5.97 Å². The lowest BCUT2D eigenvalue weighted by Gasteiger charge is -2.35. The summed E-state index contributed by atoms with van der Waals surface area (Å²) < 4.78 is 11.1. The summed E-state index contributed by atoms with van der Waals surface area (Å²) in [5, 5.41) is 12.2. The fourth-order valence-corrected chi connectivity index (χ4v) is 3.18. The van der Waals surface area contributed by atoms with Gasteiger partial charge in [-0.2, -0.15) is 0 Å². The third-order valence-corrected chi connectivity index (χ3v) is 4.38. The molecule has 1 aromatic heterocycles. The average molecular weight is 294 g/mol. The first kappa shape index (κ1) is 14.6. The first-order valence-corrected chi connectivity index (χ1v) is 7.52. The summed E-state index contributed by atoms with van der Waals surface area (Å²) in [5.41, 5.74) is 0.891. The summed E-state index contributed by atoms with van der Waals surface area (Å²) in [5.74, 6) is -0.373. The Bertz CT molecular complexity index is 514. The summed E-state index contributed by atoms with van der Waals surface area (Å²) in [7, 11) is 0. The number of fused-ring (bicyclic) bond motifs is 1. The van der Waals surface area contributed by atoms with E-state index in [0.29, 0.717) is 18.3 Å². The van der Waals surface area contributed by atoms with Gasteiger partial charge >= 0.3 is 5.97 Å². The van der Waals surface area contributed by atoms with E-state index >= 15 is 0 Å². The van der Waals surface area contributed by atoms with Gasteiger partial charge in [-0.1, -0.05) is 0 Å². The molecule has 0 amide bonds. The maximum absolute atomic E-state index is 10.9. The summed E-state index contributed by atoms with van der Waals surface area (Å²) in [6.07, 6.45) is 2.75. The molecule has 21 heavy (non-hydrogen) atoms. The topological polar surface area (TPSA) is 74.9 Å². The molecule has 0 aliphatic carbocycles. The molecule has 0 spiro atoms. The van der Waals surface area contributed by atoms with Gasteiger partial charge in [-0.25, -0.2) is 4.79 Å². The van der Waals surface area contributed by atoms with E-state index in [4.69, 9.17) is 14.3 Å². The van der Waals surface area contributed by atoms with Gasteiger partial charge in [0.2, 0.25) is 5.76 Å². The molecule has 2 N–H and O–H groups in total. The maximum Gasteiger partial charge on any atom is 0.371 e.